The highest BCUT2D eigenvalue weighted by Crippen LogP contribution is 2.35. The number of thiophene rings is 1. The second-order valence-electron chi connectivity index (χ2n) is 7.23. The van der Waals surface area contributed by atoms with Crippen molar-refractivity contribution in [3.8, 4) is 11.1 Å². The quantitative estimate of drug-likeness (QED) is 0.334. The van der Waals surface area contributed by atoms with Gasteiger partial charge in [-0.05, 0) is 11.6 Å². The van der Waals surface area contributed by atoms with Gasteiger partial charge in [-0.25, -0.2) is 4.98 Å². The monoisotopic (exact) mass is 479 g/mol. The van der Waals surface area contributed by atoms with Gasteiger partial charge < -0.3 is 9.55 Å². The second kappa shape index (κ2) is 8.90. The molecule has 0 saturated carbocycles. The highest BCUT2D eigenvalue weighted by Gasteiger charge is 2.16. The SMILES string of the molecule is Cn1c(Cc2ccccc2)nnc1SCc1nc2scc(-c3ccccc3Cl)c2c(=O)[nH]1. The van der Waals surface area contributed by atoms with E-state index in [0.29, 0.717) is 33.2 Å². The molecule has 0 aliphatic heterocycles. The van der Waals surface area contributed by atoms with E-state index in [4.69, 9.17) is 11.6 Å². The molecule has 1 N–H and O–H groups in total. The fraction of sp³-hybridized carbons (Fsp3) is 0.130. The Bertz CT molecular complexity index is 1460. The van der Waals surface area contributed by atoms with Gasteiger partial charge in [0.15, 0.2) is 5.16 Å². The van der Waals surface area contributed by atoms with Gasteiger partial charge in [0.1, 0.15) is 16.5 Å². The van der Waals surface area contributed by atoms with Crippen LogP contribution in [0.3, 0.4) is 0 Å². The van der Waals surface area contributed by atoms with Gasteiger partial charge in [0.05, 0.1) is 11.1 Å². The number of nitrogens with zero attached hydrogens (tertiary/aromatic N) is 4. The molecule has 3 aromatic heterocycles. The second-order valence-corrected chi connectivity index (χ2v) is 9.44. The standard InChI is InChI=1S/C23H18ClN5OS2/c1-29-19(11-14-7-3-2-4-8-14)27-28-23(29)32-13-18-25-21(30)20-16(12-31-22(20)26-18)15-9-5-6-10-17(15)24/h2-10,12H,11,13H2,1H3,(H,25,26,30). The van der Waals surface area contributed by atoms with Crippen LogP contribution in [0.2, 0.25) is 5.02 Å². The van der Waals surface area contributed by atoms with E-state index >= 15 is 0 Å². The van der Waals surface area contributed by atoms with E-state index < -0.39 is 0 Å². The number of rotatable bonds is 6. The van der Waals surface area contributed by atoms with E-state index in [0.717, 1.165) is 22.1 Å². The Labute approximate surface area is 197 Å². The van der Waals surface area contributed by atoms with E-state index in [-0.39, 0.29) is 5.56 Å². The Hall–Kier alpha value is -2.94. The zero-order valence-corrected chi connectivity index (χ0v) is 19.5. The van der Waals surface area contributed by atoms with Gasteiger partial charge >= 0.3 is 0 Å². The van der Waals surface area contributed by atoms with Crippen molar-refractivity contribution in [2.45, 2.75) is 17.3 Å². The summed E-state index contributed by atoms with van der Waals surface area (Å²) >= 11 is 9.28. The van der Waals surface area contributed by atoms with Gasteiger partial charge in [0.25, 0.3) is 5.56 Å². The number of benzene rings is 2. The number of hydrogen-bond donors (Lipinski definition) is 1. The molecule has 0 aliphatic rings. The molecule has 32 heavy (non-hydrogen) atoms. The van der Waals surface area contributed by atoms with Crippen LogP contribution in [-0.2, 0) is 19.2 Å². The number of H-pyrrole nitrogens is 1. The first-order valence-electron chi connectivity index (χ1n) is 9.90. The van der Waals surface area contributed by atoms with Crippen LogP contribution in [0.1, 0.15) is 17.2 Å². The Morgan fingerprint density at radius 1 is 1.06 bits per heavy atom. The maximum absolute atomic E-state index is 12.9. The third-order valence-corrected chi connectivity index (χ3v) is 7.36. The van der Waals surface area contributed by atoms with Crippen molar-refractivity contribution in [1.29, 1.82) is 0 Å². The summed E-state index contributed by atoms with van der Waals surface area (Å²) < 4.78 is 1.98. The topological polar surface area (TPSA) is 76.5 Å². The smallest absolute Gasteiger partial charge is 0.260 e. The first-order valence-corrected chi connectivity index (χ1v) is 12.1. The largest absolute Gasteiger partial charge is 0.309 e. The molecule has 160 valence electrons. The molecule has 0 fully saturated rings. The fourth-order valence-corrected chi connectivity index (χ4v) is 5.47. The molecule has 6 nitrogen and oxygen atoms in total. The fourth-order valence-electron chi connectivity index (χ4n) is 3.48. The molecule has 2 aromatic carbocycles. The lowest BCUT2D eigenvalue weighted by Crippen LogP contribution is -2.11. The summed E-state index contributed by atoms with van der Waals surface area (Å²) in [6.07, 6.45) is 0.714. The number of aromatic nitrogens is 5. The van der Waals surface area contributed by atoms with Crippen molar-refractivity contribution >= 4 is 44.9 Å². The molecule has 0 saturated heterocycles. The summed E-state index contributed by atoms with van der Waals surface area (Å²) in [7, 11) is 1.95. The zero-order chi connectivity index (χ0) is 22.1. The summed E-state index contributed by atoms with van der Waals surface area (Å²) in [5.41, 5.74) is 2.66. The number of nitrogens with one attached hydrogen (secondary N) is 1. The molecular formula is C23H18ClN5OS2. The van der Waals surface area contributed by atoms with Crippen LogP contribution >= 0.6 is 34.7 Å². The van der Waals surface area contributed by atoms with Crippen molar-refractivity contribution in [3.63, 3.8) is 0 Å². The molecule has 5 aromatic rings. The Morgan fingerprint density at radius 2 is 1.84 bits per heavy atom. The van der Waals surface area contributed by atoms with Gasteiger partial charge in [-0.1, -0.05) is 71.9 Å². The van der Waals surface area contributed by atoms with Gasteiger partial charge in [-0.15, -0.1) is 21.5 Å². The van der Waals surface area contributed by atoms with Gasteiger partial charge in [0.2, 0.25) is 0 Å². The highest BCUT2D eigenvalue weighted by molar-refractivity contribution is 7.98. The molecule has 0 spiro atoms. The van der Waals surface area contributed by atoms with Crippen LogP contribution in [0.15, 0.2) is 69.9 Å². The molecule has 0 radical (unpaired) electrons. The minimum absolute atomic E-state index is 0.162. The molecule has 3 heterocycles. The first kappa shape index (κ1) is 20.9. The molecule has 0 atom stereocenters. The van der Waals surface area contributed by atoms with Crippen LogP contribution < -0.4 is 5.56 Å². The molecular weight excluding hydrogens is 462 g/mol. The summed E-state index contributed by atoms with van der Waals surface area (Å²) in [5, 5.41) is 12.5. The van der Waals surface area contributed by atoms with Crippen LogP contribution in [0.4, 0.5) is 0 Å². The van der Waals surface area contributed by atoms with Gasteiger partial charge in [-0.2, -0.15) is 0 Å². The lowest BCUT2D eigenvalue weighted by atomic mass is 10.1. The average molecular weight is 480 g/mol. The first-order chi connectivity index (χ1) is 15.6. The van der Waals surface area contributed by atoms with Gasteiger partial charge in [0, 0.05) is 35.0 Å². The summed E-state index contributed by atoms with van der Waals surface area (Å²) in [6, 6.07) is 17.7. The molecule has 5 rings (SSSR count). The third kappa shape index (κ3) is 4.09. The Balaban J connectivity index is 1.37. The number of halogens is 1. The van der Waals surface area contributed by atoms with Gasteiger partial charge in [-0.3, -0.25) is 4.79 Å². The third-order valence-electron chi connectivity index (χ3n) is 5.13. The molecule has 9 heteroatoms. The summed E-state index contributed by atoms with van der Waals surface area (Å²) in [4.78, 5) is 21.2. The van der Waals surface area contributed by atoms with Crippen LogP contribution in [-0.4, -0.2) is 24.7 Å². The summed E-state index contributed by atoms with van der Waals surface area (Å²) in [5.74, 6) is 1.98. The minimum Gasteiger partial charge on any atom is -0.309 e. The number of aromatic amines is 1. The maximum Gasteiger partial charge on any atom is 0.260 e. The maximum atomic E-state index is 12.9. The zero-order valence-electron chi connectivity index (χ0n) is 17.1. The van der Waals surface area contributed by atoms with E-state index in [1.54, 1.807) is 0 Å². The van der Waals surface area contributed by atoms with Crippen molar-refractivity contribution < 1.29 is 0 Å². The highest BCUT2D eigenvalue weighted by atomic mass is 35.5. The van der Waals surface area contributed by atoms with Crippen LogP contribution in [0.25, 0.3) is 21.3 Å². The normalized spacial score (nSPS) is 11.3. The Kier molecular flexibility index (Phi) is 5.82. The lowest BCUT2D eigenvalue weighted by Gasteiger charge is -2.05. The van der Waals surface area contributed by atoms with Crippen molar-refractivity contribution in [1.82, 2.24) is 24.7 Å². The van der Waals surface area contributed by atoms with Crippen LogP contribution in [0, 0.1) is 0 Å². The van der Waals surface area contributed by atoms with E-state index in [9.17, 15) is 4.79 Å². The predicted octanol–water partition coefficient (Wildman–Crippen LogP) is 5.32. The molecule has 0 bridgehead atoms. The molecule has 0 amide bonds. The minimum atomic E-state index is -0.162. The van der Waals surface area contributed by atoms with Crippen molar-refractivity contribution in [3.05, 3.63) is 92.6 Å². The van der Waals surface area contributed by atoms with Crippen molar-refractivity contribution in [2.75, 3.05) is 0 Å². The number of fused-ring (bicyclic) bond motifs is 1. The van der Waals surface area contributed by atoms with E-state index in [2.05, 4.69) is 32.3 Å². The Morgan fingerprint density at radius 3 is 2.66 bits per heavy atom. The van der Waals surface area contributed by atoms with Crippen molar-refractivity contribution in [2.24, 2.45) is 7.05 Å². The molecule has 0 aliphatic carbocycles. The van der Waals surface area contributed by atoms with Crippen LogP contribution in [0.5, 0.6) is 0 Å². The van der Waals surface area contributed by atoms with E-state index in [1.807, 2.05) is 59.5 Å². The predicted molar refractivity (Wildman–Crippen MR) is 130 cm³/mol. The average Bonchev–Trinajstić information content (AvgIpc) is 3.38. The number of hydrogen-bond acceptors (Lipinski definition) is 6. The summed E-state index contributed by atoms with van der Waals surface area (Å²) in [6.45, 7) is 0. The molecule has 0 unspecified atom stereocenters. The van der Waals surface area contributed by atoms with E-state index in [1.165, 1.54) is 28.7 Å². The lowest BCUT2D eigenvalue weighted by molar-refractivity contribution is 0.748. The number of thioether (sulfide) groups is 1.